The van der Waals surface area contributed by atoms with Crippen molar-refractivity contribution in [3.8, 4) is 11.5 Å². The Balaban J connectivity index is 1.70. The van der Waals surface area contributed by atoms with E-state index in [9.17, 15) is 32.9 Å². The van der Waals surface area contributed by atoms with Gasteiger partial charge in [-0.2, -0.15) is 8.42 Å². The molecule has 4 amide bonds. The summed E-state index contributed by atoms with van der Waals surface area (Å²) in [6.45, 7) is 1.77. The van der Waals surface area contributed by atoms with Crippen LogP contribution in [0.25, 0.3) is 6.08 Å². The van der Waals surface area contributed by atoms with Crippen molar-refractivity contribution in [1.82, 2.24) is 5.32 Å². The maximum Gasteiger partial charge on any atom is 0.339 e. The number of amides is 4. The number of nitro groups is 1. The number of benzene rings is 3. The first-order chi connectivity index (χ1) is 18.9. The fourth-order valence-electron chi connectivity index (χ4n) is 3.56. The molecule has 12 nitrogen and oxygen atoms in total. The second kappa shape index (κ2) is 11.5. The minimum Gasteiger partial charge on any atom is -0.490 e. The lowest BCUT2D eigenvalue weighted by Gasteiger charge is -2.26. The molecule has 0 spiro atoms. The molecule has 0 bridgehead atoms. The Labute approximate surface area is 240 Å². The SMILES string of the molecule is CCOc1cc(/C=C2\C(=O)NC(=O)N(c3ccc([N+](=O)[O-])cc3)C2=O)cc(Br)c1OS(=O)(=O)c1ccc(Cl)cc1. The molecule has 3 aromatic carbocycles. The van der Waals surface area contributed by atoms with Gasteiger partial charge in [-0.1, -0.05) is 11.6 Å². The highest BCUT2D eigenvalue weighted by Crippen LogP contribution is 2.39. The molecule has 1 saturated heterocycles. The molecule has 1 heterocycles. The van der Waals surface area contributed by atoms with E-state index in [1.807, 2.05) is 0 Å². The van der Waals surface area contributed by atoms with Crippen molar-refractivity contribution in [2.24, 2.45) is 0 Å². The second-order valence-corrected chi connectivity index (χ2v) is 10.8. The first kappa shape index (κ1) is 28.7. The third kappa shape index (κ3) is 5.98. The molecule has 0 radical (unpaired) electrons. The van der Waals surface area contributed by atoms with Gasteiger partial charge in [0.25, 0.3) is 17.5 Å². The van der Waals surface area contributed by atoms with E-state index in [4.69, 9.17) is 20.5 Å². The molecule has 0 saturated carbocycles. The maximum absolute atomic E-state index is 13.2. The molecular weight excluding hydrogens is 634 g/mol. The van der Waals surface area contributed by atoms with Crippen LogP contribution < -0.4 is 19.1 Å². The molecular formula is C25H17BrClN3O9S. The normalized spacial score (nSPS) is 14.7. The Morgan fingerprint density at radius 1 is 1.07 bits per heavy atom. The van der Waals surface area contributed by atoms with Crippen molar-refractivity contribution >= 4 is 72.9 Å². The molecule has 4 rings (SSSR count). The van der Waals surface area contributed by atoms with Gasteiger partial charge in [-0.15, -0.1) is 0 Å². The van der Waals surface area contributed by atoms with E-state index < -0.39 is 38.5 Å². The highest BCUT2D eigenvalue weighted by atomic mass is 79.9. The Bertz CT molecular complexity index is 1670. The predicted octanol–water partition coefficient (Wildman–Crippen LogP) is 4.84. The molecule has 0 aromatic heterocycles. The number of urea groups is 1. The van der Waals surface area contributed by atoms with Gasteiger partial charge in [0, 0.05) is 17.2 Å². The van der Waals surface area contributed by atoms with Gasteiger partial charge < -0.3 is 8.92 Å². The van der Waals surface area contributed by atoms with Crippen LogP contribution in [-0.4, -0.2) is 37.8 Å². The number of hydrogen-bond acceptors (Lipinski definition) is 9. The predicted molar refractivity (Wildman–Crippen MR) is 147 cm³/mol. The van der Waals surface area contributed by atoms with Crippen LogP contribution in [0.4, 0.5) is 16.2 Å². The van der Waals surface area contributed by atoms with Gasteiger partial charge in [-0.3, -0.25) is 25.0 Å². The summed E-state index contributed by atoms with van der Waals surface area (Å²) in [6, 6.07) is 11.6. The minimum atomic E-state index is -4.29. The second-order valence-electron chi connectivity index (χ2n) is 7.99. The van der Waals surface area contributed by atoms with E-state index in [0.717, 1.165) is 12.1 Å². The highest BCUT2D eigenvalue weighted by Gasteiger charge is 2.37. The summed E-state index contributed by atoms with van der Waals surface area (Å²) >= 11 is 9.09. The van der Waals surface area contributed by atoms with E-state index in [1.165, 1.54) is 54.6 Å². The Morgan fingerprint density at radius 2 is 1.73 bits per heavy atom. The Hall–Kier alpha value is -4.27. The number of hydrogen-bond donors (Lipinski definition) is 1. The number of halogens is 2. The van der Waals surface area contributed by atoms with Gasteiger partial charge in [0.05, 0.1) is 21.7 Å². The van der Waals surface area contributed by atoms with Crippen LogP contribution in [0.1, 0.15) is 12.5 Å². The number of ether oxygens (including phenoxy) is 1. The number of nitrogens with zero attached hydrogens (tertiary/aromatic N) is 2. The van der Waals surface area contributed by atoms with Crippen molar-refractivity contribution in [1.29, 1.82) is 0 Å². The van der Waals surface area contributed by atoms with Crippen LogP contribution in [0, 0.1) is 10.1 Å². The fraction of sp³-hybridized carbons (Fsp3) is 0.0800. The zero-order chi connectivity index (χ0) is 29.2. The lowest BCUT2D eigenvalue weighted by Crippen LogP contribution is -2.54. The molecule has 0 aliphatic carbocycles. The van der Waals surface area contributed by atoms with Crippen molar-refractivity contribution in [2.75, 3.05) is 11.5 Å². The summed E-state index contributed by atoms with van der Waals surface area (Å²) in [5.74, 6) is -2.16. The molecule has 1 fully saturated rings. The Kier molecular flexibility index (Phi) is 8.23. The van der Waals surface area contributed by atoms with E-state index in [2.05, 4.69) is 21.2 Å². The maximum atomic E-state index is 13.2. The summed E-state index contributed by atoms with van der Waals surface area (Å²) in [6.07, 6.45) is 1.17. The number of carbonyl (C=O) groups is 3. The number of carbonyl (C=O) groups excluding carboxylic acids is 3. The minimum absolute atomic E-state index is 0.00107. The molecule has 206 valence electrons. The molecule has 1 aliphatic heterocycles. The number of anilines is 1. The van der Waals surface area contributed by atoms with Gasteiger partial charge in [0.1, 0.15) is 10.5 Å². The van der Waals surface area contributed by atoms with Crippen LogP contribution >= 0.6 is 27.5 Å². The topological polar surface area (TPSA) is 162 Å². The molecule has 1 N–H and O–H groups in total. The molecule has 3 aromatic rings. The van der Waals surface area contributed by atoms with Gasteiger partial charge >= 0.3 is 16.1 Å². The number of nitrogens with one attached hydrogen (secondary N) is 1. The van der Waals surface area contributed by atoms with Gasteiger partial charge in [-0.25, -0.2) is 9.69 Å². The quantitative estimate of drug-likeness (QED) is 0.118. The van der Waals surface area contributed by atoms with E-state index >= 15 is 0 Å². The zero-order valence-corrected chi connectivity index (χ0v) is 23.4. The number of rotatable bonds is 8. The third-order valence-electron chi connectivity index (χ3n) is 5.36. The van der Waals surface area contributed by atoms with Crippen LogP contribution in [0.15, 0.2) is 75.6 Å². The van der Waals surface area contributed by atoms with Gasteiger partial charge in [0.15, 0.2) is 11.5 Å². The molecule has 0 unspecified atom stereocenters. The van der Waals surface area contributed by atoms with Crippen LogP contribution in [0.2, 0.25) is 5.02 Å². The largest absolute Gasteiger partial charge is 0.490 e. The smallest absolute Gasteiger partial charge is 0.339 e. The number of non-ortho nitro benzene ring substituents is 1. The van der Waals surface area contributed by atoms with Crippen molar-refractivity contribution in [3.63, 3.8) is 0 Å². The van der Waals surface area contributed by atoms with E-state index in [1.54, 1.807) is 6.92 Å². The van der Waals surface area contributed by atoms with E-state index in [-0.39, 0.29) is 44.4 Å². The Morgan fingerprint density at radius 3 is 2.33 bits per heavy atom. The summed E-state index contributed by atoms with van der Waals surface area (Å²) in [7, 11) is -4.29. The van der Waals surface area contributed by atoms with Crippen LogP contribution in [0.3, 0.4) is 0 Å². The van der Waals surface area contributed by atoms with Crippen LogP contribution in [-0.2, 0) is 19.7 Å². The number of barbiturate groups is 1. The lowest BCUT2D eigenvalue weighted by molar-refractivity contribution is -0.384. The first-order valence-electron chi connectivity index (χ1n) is 11.2. The summed E-state index contributed by atoms with van der Waals surface area (Å²) in [4.78, 5) is 49.0. The summed E-state index contributed by atoms with van der Waals surface area (Å²) < 4.78 is 36.7. The van der Waals surface area contributed by atoms with Crippen molar-refractivity contribution < 1.29 is 36.6 Å². The molecule has 15 heteroatoms. The van der Waals surface area contributed by atoms with Crippen molar-refractivity contribution in [3.05, 3.63) is 91.4 Å². The standard InChI is InChI=1S/C25H17BrClN3O9S/c1-2-38-21-13-14(12-20(26)22(21)39-40(36,37)18-9-3-15(27)4-10-18)11-19-23(31)28-25(33)29(24(19)32)16-5-7-17(8-6-16)30(34)35/h3-13H,2H2,1H3,(H,28,31,33)/b19-11+. The molecule has 0 atom stereocenters. The average molecular weight is 651 g/mol. The fourth-order valence-corrected chi connectivity index (χ4v) is 5.29. The van der Waals surface area contributed by atoms with Crippen molar-refractivity contribution in [2.45, 2.75) is 11.8 Å². The average Bonchev–Trinajstić information content (AvgIpc) is 2.89. The molecule has 1 aliphatic rings. The monoisotopic (exact) mass is 649 g/mol. The summed E-state index contributed by atoms with van der Waals surface area (Å²) in [5.41, 5.74) is -0.467. The number of imide groups is 2. The number of nitro benzene ring substituents is 1. The summed E-state index contributed by atoms with van der Waals surface area (Å²) in [5, 5.41) is 13.3. The first-order valence-corrected chi connectivity index (χ1v) is 13.8. The lowest BCUT2D eigenvalue weighted by atomic mass is 10.1. The van der Waals surface area contributed by atoms with Gasteiger partial charge in [-0.05, 0) is 83.0 Å². The van der Waals surface area contributed by atoms with Gasteiger partial charge in [0.2, 0.25) is 0 Å². The van der Waals surface area contributed by atoms with E-state index in [0.29, 0.717) is 9.92 Å². The third-order valence-corrected chi connectivity index (χ3v) is 7.44. The zero-order valence-electron chi connectivity index (χ0n) is 20.3. The van der Waals surface area contributed by atoms with Crippen LogP contribution in [0.5, 0.6) is 11.5 Å². The molecule has 40 heavy (non-hydrogen) atoms. The highest BCUT2D eigenvalue weighted by molar-refractivity contribution is 9.10.